The Balaban J connectivity index is 1.35. The smallest absolute Gasteiger partial charge is 0.0515 e. The third kappa shape index (κ3) is 3.34. The highest BCUT2D eigenvalue weighted by Crippen LogP contribution is 2.25. The van der Waals surface area contributed by atoms with Crippen molar-refractivity contribution in [2.24, 2.45) is 0 Å². The van der Waals surface area contributed by atoms with Crippen molar-refractivity contribution in [2.75, 3.05) is 18.4 Å². The summed E-state index contributed by atoms with van der Waals surface area (Å²) >= 11 is 12.2. The maximum absolute atomic E-state index is 6.24. The second kappa shape index (κ2) is 6.60. The SMILES string of the molecule is Clc1ccc(CN2CC(Nc3ccc4cnccc4c3)C2)c(Cl)c1. The molecule has 0 saturated carbocycles. The van der Waals surface area contributed by atoms with E-state index in [-0.39, 0.29) is 0 Å². The van der Waals surface area contributed by atoms with Crippen LogP contribution in [-0.4, -0.2) is 29.0 Å². The van der Waals surface area contributed by atoms with E-state index in [1.165, 1.54) is 5.39 Å². The number of pyridine rings is 1. The van der Waals surface area contributed by atoms with Crippen LogP contribution in [0.3, 0.4) is 0 Å². The Morgan fingerprint density at radius 2 is 1.92 bits per heavy atom. The molecule has 0 radical (unpaired) electrons. The molecule has 2 aromatic carbocycles. The molecule has 1 N–H and O–H groups in total. The minimum atomic E-state index is 0.468. The van der Waals surface area contributed by atoms with Gasteiger partial charge in [0, 0.05) is 53.1 Å². The van der Waals surface area contributed by atoms with Gasteiger partial charge >= 0.3 is 0 Å². The molecule has 122 valence electrons. The second-order valence-electron chi connectivity index (χ2n) is 6.21. The Hall–Kier alpha value is -1.81. The standard InChI is InChI=1S/C19H17Cl2N3/c20-16-3-1-15(19(21)8-16)10-24-11-18(12-24)23-17-4-2-14-9-22-6-5-13(14)7-17/h1-9,18,23H,10-12H2. The van der Waals surface area contributed by atoms with Gasteiger partial charge in [0.2, 0.25) is 0 Å². The number of nitrogens with zero attached hydrogens (tertiary/aromatic N) is 2. The van der Waals surface area contributed by atoms with Gasteiger partial charge in [-0.2, -0.15) is 0 Å². The fourth-order valence-electron chi connectivity index (χ4n) is 3.09. The Morgan fingerprint density at radius 1 is 1.04 bits per heavy atom. The van der Waals surface area contributed by atoms with Crippen LogP contribution in [0.5, 0.6) is 0 Å². The lowest BCUT2D eigenvalue weighted by Gasteiger charge is -2.40. The molecule has 1 fully saturated rings. The van der Waals surface area contributed by atoms with Crippen LogP contribution in [0.4, 0.5) is 5.69 Å². The van der Waals surface area contributed by atoms with Crippen LogP contribution in [-0.2, 0) is 6.54 Å². The summed E-state index contributed by atoms with van der Waals surface area (Å²) in [5.41, 5.74) is 2.28. The predicted octanol–water partition coefficient (Wildman–Crippen LogP) is 4.84. The van der Waals surface area contributed by atoms with E-state index in [9.17, 15) is 0 Å². The van der Waals surface area contributed by atoms with Gasteiger partial charge in [0.05, 0.1) is 6.04 Å². The van der Waals surface area contributed by atoms with E-state index in [0.717, 1.165) is 41.3 Å². The highest BCUT2D eigenvalue weighted by Gasteiger charge is 2.26. The molecular weight excluding hydrogens is 341 g/mol. The lowest BCUT2D eigenvalue weighted by molar-refractivity contribution is 0.153. The van der Waals surface area contributed by atoms with Gasteiger partial charge in [0.1, 0.15) is 0 Å². The summed E-state index contributed by atoms with van der Waals surface area (Å²) in [5, 5.41) is 7.38. The van der Waals surface area contributed by atoms with E-state index >= 15 is 0 Å². The average Bonchev–Trinajstić information content (AvgIpc) is 2.55. The van der Waals surface area contributed by atoms with Gasteiger partial charge in [0.15, 0.2) is 0 Å². The lowest BCUT2D eigenvalue weighted by atomic mass is 10.1. The Bertz CT molecular complexity index is 875. The van der Waals surface area contributed by atoms with E-state index in [2.05, 4.69) is 33.4 Å². The number of benzene rings is 2. The van der Waals surface area contributed by atoms with Gasteiger partial charge < -0.3 is 5.32 Å². The number of anilines is 1. The molecule has 0 amide bonds. The van der Waals surface area contributed by atoms with Crippen LogP contribution in [0.1, 0.15) is 5.56 Å². The number of hydrogen-bond donors (Lipinski definition) is 1. The van der Waals surface area contributed by atoms with Gasteiger partial charge in [0.25, 0.3) is 0 Å². The van der Waals surface area contributed by atoms with Gasteiger partial charge in [-0.3, -0.25) is 9.88 Å². The van der Waals surface area contributed by atoms with Gasteiger partial charge in [-0.05, 0) is 41.3 Å². The van der Waals surface area contributed by atoms with Gasteiger partial charge in [-0.25, -0.2) is 0 Å². The molecule has 0 aliphatic carbocycles. The van der Waals surface area contributed by atoms with Crippen molar-refractivity contribution in [3.8, 4) is 0 Å². The molecule has 24 heavy (non-hydrogen) atoms. The van der Waals surface area contributed by atoms with Crippen molar-refractivity contribution in [3.05, 3.63) is 70.5 Å². The number of aromatic nitrogens is 1. The van der Waals surface area contributed by atoms with Crippen LogP contribution in [0.2, 0.25) is 10.0 Å². The summed E-state index contributed by atoms with van der Waals surface area (Å²) < 4.78 is 0. The number of rotatable bonds is 4. The Morgan fingerprint density at radius 3 is 2.75 bits per heavy atom. The summed E-state index contributed by atoms with van der Waals surface area (Å²) in [6.45, 7) is 2.87. The molecule has 1 aliphatic heterocycles. The van der Waals surface area contributed by atoms with E-state index in [0.29, 0.717) is 11.1 Å². The monoisotopic (exact) mass is 357 g/mol. The third-order valence-electron chi connectivity index (χ3n) is 4.38. The van der Waals surface area contributed by atoms with Crippen LogP contribution in [0, 0.1) is 0 Å². The summed E-state index contributed by atoms with van der Waals surface area (Å²) in [7, 11) is 0. The molecule has 1 aromatic heterocycles. The minimum absolute atomic E-state index is 0.468. The fraction of sp³-hybridized carbons (Fsp3) is 0.211. The number of nitrogens with one attached hydrogen (secondary N) is 1. The minimum Gasteiger partial charge on any atom is -0.380 e. The molecule has 1 saturated heterocycles. The molecule has 0 spiro atoms. The molecule has 2 heterocycles. The highest BCUT2D eigenvalue weighted by molar-refractivity contribution is 6.35. The zero-order chi connectivity index (χ0) is 16.5. The Kier molecular flexibility index (Phi) is 4.31. The normalized spacial score (nSPS) is 15.4. The van der Waals surface area contributed by atoms with Crippen molar-refractivity contribution in [3.63, 3.8) is 0 Å². The molecule has 1 aliphatic rings. The number of hydrogen-bond acceptors (Lipinski definition) is 3. The van der Waals surface area contributed by atoms with Crippen molar-refractivity contribution < 1.29 is 0 Å². The quantitative estimate of drug-likeness (QED) is 0.724. The van der Waals surface area contributed by atoms with Crippen LogP contribution < -0.4 is 5.32 Å². The molecule has 0 unspecified atom stereocenters. The third-order valence-corrected chi connectivity index (χ3v) is 4.96. The fourth-order valence-corrected chi connectivity index (χ4v) is 3.56. The maximum atomic E-state index is 6.24. The zero-order valence-electron chi connectivity index (χ0n) is 13.0. The molecule has 3 aromatic rings. The van der Waals surface area contributed by atoms with Crippen molar-refractivity contribution >= 4 is 39.7 Å². The van der Waals surface area contributed by atoms with E-state index in [1.807, 2.05) is 30.6 Å². The predicted molar refractivity (Wildman–Crippen MR) is 101 cm³/mol. The molecule has 4 rings (SSSR count). The van der Waals surface area contributed by atoms with Crippen LogP contribution >= 0.6 is 23.2 Å². The number of halogens is 2. The topological polar surface area (TPSA) is 28.2 Å². The van der Waals surface area contributed by atoms with Crippen molar-refractivity contribution in [1.82, 2.24) is 9.88 Å². The first-order chi connectivity index (χ1) is 11.7. The highest BCUT2D eigenvalue weighted by atomic mass is 35.5. The van der Waals surface area contributed by atoms with Crippen molar-refractivity contribution in [1.29, 1.82) is 0 Å². The molecule has 3 nitrogen and oxygen atoms in total. The molecule has 0 bridgehead atoms. The first kappa shape index (κ1) is 15.7. The van der Waals surface area contributed by atoms with Crippen molar-refractivity contribution in [2.45, 2.75) is 12.6 Å². The largest absolute Gasteiger partial charge is 0.380 e. The molecule has 0 atom stereocenters. The summed E-state index contributed by atoms with van der Waals surface area (Å²) in [6, 6.07) is 14.6. The number of fused-ring (bicyclic) bond motifs is 1. The second-order valence-corrected chi connectivity index (χ2v) is 7.05. The van der Waals surface area contributed by atoms with Crippen LogP contribution in [0.25, 0.3) is 10.8 Å². The Labute approximate surface area is 151 Å². The maximum Gasteiger partial charge on any atom is 0.0515 e. The molecular formula is C19H17Cl2N3. The van der Waals surface area contributed by atoms with Gasteiger partial charge in [-0.1, -0.05) is 35.3 Å². The van der Waals surface area contributed by atoms with E-state index in [4.69, 9.17) is 23.2 Å². The van der Waals surface area contributed by atoms with E-state index < -0.39 is 0 Å². The first-order valence-corrected chi connectivity index (χ1v) is 8.69. The van der Waals surface area contributed by atoms with Gasteiger partial charge in [-0.15, -0.1) is 0 Å². The zero-order valence-corrected chi connectivity index (χ0v) is 14.6. The van der Waals surface area contributed by atoms with Crippen LogP contribution in [0.15, 0.2) is 54.9 Å². The molecule has 5 heteroatoms. The number of likely N-dealkylation sites (tertiary alicyclic amines) is 1. The summed E-state index contributed by atoms with van der Waals surface area (Å²) in [4.78, 5) is 6.52. The summed E-state index contributed by atoms with van der Waals surface area (Å²) in [5.74, 6) is 0. The summed E-state index contributed by atoms with van der Waals surface area (Å²) in [6.07, 6.45) is 3.72. The lowest BCUT2D eigenvalue weighted by Crippen LogP contribution is -2.54. The first-order valence-electron chi connectivity index (χ1n) is 7.94. The van der Waals surface area contributed by atoms with E-state index in [1.54, 1.807) is 6.07 Å². The average molecular weight is 358 g/mol.